The third-order valence-corrected chi connectivity index (χ3v) is 5.51. The van der Waals surface area contributed by atoms with Crippen LogP contribution in [-0.2, 0) is 17.9 Å². The van der Waals surface area contributed by atoms with Gasteiger partial charge in [0.05, 0.1) is 5.75 Å². The zero-order valence-electron chi connectivity index (χ0n) is 14.5. The third-order valence-electron chi connectivity index (χ3n) is 4.21. The SMILES string of the molecule is C=CCn1c(SCC(=O)N(C)Cc2c(F)cccc2Cl)nnc1C1CC1. The number of nitrogens with zero attached hydrogens (tertiary/aromatic N) is 4. The predicted octanol–water partition coefficient (Wildman–Crippen LogP) is 3.88. The van der Waals surface area contributed by atoms with Crippen molar-refractivity contribution in [2.75, 3.05) is 12.8 Å². The van der Waals surface area contributed by atoms with Gasteiger partial charge in [0.1, 0.15) is 11.6 Å². The molecule has 5 nitrogen and oxygen atoms in total. The molecule has 0 radical (unpaired) electrons. The Morgan fingerprint density at radius 2 is 2.27 bits per heavy atom. The molecule has 138 valence electrons. The molecule has 26 heavy (non-hydrogen) atoms. The minimum absolute atomic E-state index is 0.123. The second kappa shape index (κ2) is 8.22. The molecule has 1 amide bonds. The van der Waals surface area contributed by atoms with Crippen molar-refractivity contribution in [1.29, 1.82) is 0 Å². The Hall–Kier alpha value is -1.86. The zero-order valence-corrected chi connectivity index (χ0v) is 16.1. The lowest BCUT2D eigenvalue weighted by Gasteiger charge is -2.18. The Labute approximate surface area is 161 Å². The molecular weight excluding hydrogens is 375 g/mol. The van der Waals surface area contributed by atoms with Crippen LogP contribution in [0.25, 0.3) is 0 Å². The maximum atomic E-state index is 13.9. The maximum absolute atomic E-state index is 13.9. The van der Waals surface area contributed by atoms with Gasteiger partial charge in [-0.15, -0.1) is 16.8 Å². The topological polar surface area (TPSA) is 51.0 Å². The summed E-state index contributed by atoms with van der Waals surface area (Å²) >= 11 is 7.36. The van der Waals surface area contributed by atoms with E-state index in [1.54, 1.807) is 25.3 Å². The lowest BCUT2D eigenvalue weighted by atomic mass is 10.2. The van der Waals surface area contributed by atoms with Crippen molar-refractivity contribution in [3.63, 3.8) is 0 Å². The predicted molar refractivity (Wildman–Crippen MR) is 101 cm³/mol. The van der Waals surface area contributed by atoms with Gasteiger partial charge in [-0.25, -0.2) is 4.39 Å². The summed E-state index contributed by atoms with van der Waals surface area (Å²) in [5, 5.41) is 9.50. The highest BCUT2D eigenvalue weighted by atomic mass is 35.5. The minimum atomic E-state index is -0.412. The van der Waals surface area contributed by atoms with Crippen LogP contribution in [0.4, 0.5) is 4.39 Å². The second-order valence-corrected chi connectivity index (χ2v) is 7.60. The molecule has 0 bridgehead atoms. The summed E-state index contributed by atoms with van der Waals surface area (Å²) in [5.41, 5.74) is 0.320. The summed E-state index contributed by atoms with van der Waals surface area (Å²) in [4.78, 5) is 13.9. The summed E-state index contributed by atoms with van der Waals surface area (Å²) in [6.45, 7) is 4.52. The van der Waals surface area contributed by atoms with Crippen molar-refractivity contribution in [1.82, 2.24) is 19.7 Å². The lowest BCUT2D eigenvalue weighted by molar-refractivity contribution is -0.127. The molecule has 1 aromatic heterocycles. The number of carbonyl (C=O) groups is 1. The first-order valence-corrected chi connectivity index (χ1v) is 9.71. The molecule has 0 saturated heterocycles. The molecule has 1 aliphatic carbocycles. The molecule has 0 unspecified atom stereocenters. The minimum Gasteiger partial charge on any atom is -0.341 e. The summed E-state index contributed by atoms with van der Waals surface area (Å²) < 4.78 is 15.9. The number of halogens is 2. The van der Waals surface area contributed by atoms with E-state index in [9.17, 15) is 9.18 Å². The monoisotopic (exact) mass is 394 g/mol. The van der Waals surface area contributed by atoms with E-state index in [0.29, 0.717) is 28.2 Å². The van der Waals surface area contributed by atoms with Gasteiger partial charge >= 0.3 is 0 Å². The van der Waals surface area contributed by atoms with E-state index in [1.807, 2.05) is 4.57 Å². The Kier molecular flexibility index (Phi) is 5.98. The summed E-state index contributed by atoms with van der Waals surface area (Å²) in [7, 11) is 1.63. The molecule has 0 spiro atoms. The van der Waals surface area contributed by atoms with Gasteiger partial charge in [-0.3, -0.25) is 4.79 Å². The Morgan fingerprint density at radius 3 is 2.92 bits per heavy atom. The molecule has 1 aromatic carbocycles. The van der Waals surface area contributed by atoms with E-state index in [0.717, 1.165) is 18.7 Å². The summed E-state index contributed by atoms with van der Waals surface area (Å²) in [5.74, 6) is 1.09. The summed E-state index contributed by atoms with van der Waals surface area (Å²) in [6.07, 6.45) is 4.06. The summed E-state index contributed by atoms with van der Waals surface area (Å²) in [6, 6.07) is 4.50. The van der Waals surface area contributed by atoms with E-state index >= 15 is 0 Å². The molecule has 1 fully saturated rings. The third kappa shape index (κ3) is 4.27. The number of hydrogen-bond donors (Lipinski definition) is 0. The average molecular weight is 395 g/mol. The van der Waals surface area contributed by atoms with Gasteiger partial charge in [0.15, 0.2) is 5.16 Å². The molecule has 2 aromatic rings. The molecular formula is C18H20ClFN4OS. The van der Waals surface area contributed by atoms with Gasteiger partial charge < -0.3 is 9.47 Å². The van der Waals surface area contributed by atoms with Crippen LogP contribution in [0, 0.1) is 5.82 Å². The fraction of sp³-hybridized carbons (Fsp3) is 0.389. The number of aromatic nitrogens is 3. The van der Waals surface area contributed by atoms with Gasteiger partial charge in [0, 0.05) is 36.6 Å². The van der Waals surface area contributed by atoms with Crippen LogP contribution in [0.3, 0.4) is 0 Å². The van der Waals surface area contributed by atoms with Crippen LogP contribution in [-0.4, -0.2) is 38.4 Å². The normalized spacial score (nSPS) is 13.7. The van der Waals surface area contributed by atoms with E-state index in [2.05, 4.69) is 16.8 Å². The number of hydrogen-bond acceptors (Lipinski definition) is 4. The van der Waals surface area contributed by atoms with Crippen molar-refractivity contribution in [3.05, 3.63) is 53.1 Å². The Balaban J connectivity index is 1.62. The molecule has 1 heterocycles. The molecule has 1 saturated carbocycles. The first-order chi connectivity index (χ1) is 12.5. The molecule has 1 aliphatic rings. The highest BCUT2D eigenvalue weighted by Crippen LogP contribution is 2.40. The quantitative estimate of drug-likeness (QED) is 0.503. The lowest BCUT2D eigenvalue weighted by Crippen LogP contribution is -2.28. The van der Waals surface area contributed by atoms with E-state index < -0.39 is 5.82 Å². The molecule has 8 heteroatoms. The first kappa shape index (κ1) is 18.9. The maximum Gasteiger partial charge on any atom is 0.233 e. The van der Waals surface area contributed by atoms with Crippen molar-refractivity contribution >= 4 is 29.3 Å². The molecule has 0 atom stereocenters. The standard InChI is InChI=1S/C18H20ClFN4OS/c1-3-9-24-17(12-7-8-12)21-22-18(24)26-11-16(25)23(2)10-13-14(19)5-4-6-15(13)20/h3-6,12H,1,7-11H2,2H3. The van der Waals surface area contributed by atoms with Crippen LogP contribution in [0.2, 0.25) is 5.02 Å². The molecule has 0 N–H and O–H groups in total. The van der Waals surface area contributed by atoms with Crippen molar-refractivity contribution in [2.24, 2.45) is 0 Å². The number of allylic oxidation sites excluding steroid dienone is 1. The smallest absolute Gasteiger partial charge is 0.233 e. The fourth-order valence-electron chi connectivity index (χ4n) is 2.60. The highest BCUT2D eigenvalue weighted by Gasteiger charge is 2.30. The van der Waals surface area contributed by atoms with Gasteiger partial charge in [0.2, 0.25) is 5.91 Å². The highest BCUT2D eigenvalue weighted by molar-refractivity contribution is 7.99. The Bertz CT molecular complexity index is 801. The van der Waals surface area contributed by atoms with E-state index in [4.69, 9.17) is 11.6 Å². The van der Waals surface area contributed by atoms with Crippen LogP contribution in [0.5, 0.6) is 0 Å². The van der Waals surface area contributed by atoms with E-state index in [-0.39, 0.29) is 18.2 Å². The largest absolute Gasteiger partial charge is 0.341 e. The molecule has 3 rings (SSSR count). The Morgan fingerprint density at radius 1 is 1.50 bits per heavy atom. The van der Waals surface area contributed by atoms with Crippen LogP contribution >= 0.6 is 23.4 Å². The van der Waals surface area contributed by atoms with Crippen LogP contribution in [0.1, 0.15) is 30.1 Å². The van der Waals surface area contributed by atoms with Crippen LogP contribution in [0.15, 0.2) is 36.0 Å². The number of rotatable bonds is 8. The number of carbonyl (C=O) groups excluding carboxylic acids is 1. The van der Waals surface area contributed by atoms with Gasteiger partial charge in [-0.05, 0) is 25.0 Å². The molecule has 0 aliphatic heterocycles. The van der Waals surface area contributed by atoms with Gasteiger partial charge in [-0.1, -0.05) is 35.5 Å². The second-order valence-electron chi connectivity index (χ2n) is 6.25. The van der Waals surface area contributed by atoms with E-state index in [1.165, 1.54) is 22.7 Å². The van der Waals surface area contributed by atoms with Crippen molar-refractivity contribution < 1.29 is 9.18 Å². The van der Waals surface area contributed by atoms with Crippen molar-refractivity contribution in [2.45, 2.75) is 37.0 Å². The van der Waals surface area contributed by atoms with Gasteiger partial charge in [0.25, 0.3) is 0 Å². The zero-order chi connectivity index (χ0) is 18.7. The number of thioether (sulfide) groups is 1. The number of benzene rings is 1. The average Bonchev–Trinajstić information content (AvgIpc) is 3.38. The fourth-order valence-corrected chi connectivity index (χ4v) is 3.71. The van der Waals surface area contributed by atoms with Crippen molar-refractivity contribution in [3.8, 4) is 0 Å². The number of amides is 1. The van der Waals surface area contributed by atoms with Gasteiger partial charge in [-0.2, -0.15) is 0 Å². The first-order valence-electron chi connectivity index (χ1n) is 8.35. The van der Waals surface area contributed by atoms with Crippen LogP contribution < -0.4 is 0 Å².